The summed E-state index contributed by atoms with van der Waals surface area (Å²) in [6.45, 7) is 0. The molecule has 1 aromatic heterocycles. The molecule has 0 aliphatic carbocycles. The summed E-state index contributed by atoms with van der Waals surface area (Å²) in [5.74, 6) is 0.576. The molecule has 0 atom stereocenters. The van der Waals surface area contributed by atoms with Crippen molar-refractivity contribution in [2.24, 2.45) is 0 Å². The Hall–Kier alpha value is -2.56. The molecular weight excluding hydrogens is 247 g/mol. The summed E-state index contributed by atoms with van der Waals surface area (Å²) < 4.78 is 24.0. The molecule has 0 saturated carbocycles. The average Bonchev–Trinajstić information content (AvgIpc) is 2.83. The van der Waals surface area contributed by atoms with Gasteiger partial charge < -0.3 is 14.9 Å². The van der Waals surface area contributed by atoms with Crippen LogP contribution in [0.4, 0.5) is 10.1 Å². The van der Waals surface area contributed by atoms with E-state index in [2.05, 4.69) is 4.98 Å². The van der Waals surface area contributed by atoms with E-state index in [0.717, 1.165) is 0 Å². The van der Waals surface area contributed by atoms with Crippen LogP contribution in [0.15, 0.2) is 40.8 Å². The normalized spacial score (nSPS) is 10.8. The Morgan fingerprint density at radius 2 is 2.05 bits per heavy atom. The summed E-state index contributed by atoms with van der Waals surface area (Å²) in [6.07, 6.45) is 0. The smallest absolute Gasteiger partial charge is 0.229 e. The SMILES string of the molecule is COc1ccc2nc(-c3cc(F)ccc3N)oc2c1. The lowest BCUT2D eigenvalue weighted by molar-refractivity contribution is 0.414. The fraction of sp³-hybridized carbons (Fsp3) is 0.0714. The van der Waals surface area contributed by atoms with Crippen molar-refractivity contribution in [2.75, 3.05) is 12.8 Å². The Morgan fingerprint density at radius 1 is 1.21 bits per heavy atom. The first-order valence-corrected chi connectivity index (χ1v) is 5.67. The first kappa shape index (κ1) is 11.5. The maximum Gasteiger partial charge on any atom is 0.229 e. The van der Waals surface area contributed by atoms with Crippen LogP contribution >= 0.6 is 0 Å². The fourth-order valence-corrected chi connectivity index (χ4v) is 1.86. The van der Waals surface area contributed by atoms with Crippen LogP contribution in [0, 0.1) is 5.82 Å². The van der Waals surface area contributed by atoms with E-state index in [4.69, 9.17) is 14.9 Å². The zero-order valence-electron chi connectivity index (χ0n) is 10.2. The van der Waals surface area contributed by atoms with Crippen molar-refractivity contribution >= 4 is 16.8 Å². The Balaban J connectivity index is 2.17. The molecule has 2 N–H and O–H groups in total. The molecule has 0 spiro atoms. The van der Waals surface area contributed by atoms with Crippen LogP contribution in [0.5, 0.6) is 5.75 Å². The largest absolute Gasteiger partial charge is 0.497 e. The number of oxazole rings is 1. The number of aromatic nitrogens is 1. The number of halogens is 1. The summed E-state index contributed by atoms with van der Waals surface area (Å²) in [6, 6.07) is 9.36. The second-order valence-corrected chi connectivity index (χ2v) is 4.08. The molecule has 1 heterocycles. The Labute approximate surface area is 108 Å². The van der Waals surface area contributed by atoms with Gasteiger partial charge in [-0.2, -0.15) is 0 Å². The van der Waals surface area contributed by atoms with Crippen LogP contribution < -0.4 is 10.5 Å². The minimum atomic E-state index is -0.385. The van der Waals surface area contributed by atoms with E-state index in [0.29, 0.717) is 34.0 Å². The summed E-state index contributed by atoms with van der Waals surface area (Å²) in [5, 5.41) is 0. The zero-order chi connectivity index (χ0) is 13.4. The van der Waals surface area contributed by atoms with E-state index in [-0.39, 0.29) is 5.82 Å². The zero-order valence-corrected chi connectivity index (χ0v) is 10.2. The highest BCUT2D eigenvalue weighted by atomic mass is 19.1. The molecule has 0 amide bonds. The van der Waals surface area contributed by atoms with Gasteiger partial charge in [0, 0.05) is 11.8 Å². The number of hydrogen-bond donors (Lipinski definition) is 1. The topological polar surface area (TPSA) is 61.3 Å². The number of fused-ring (bicyclic) bond motifs is 1. The molecule has 5 heteroatoms. The average molecular weight is 258 g/mol. The standard InChI is InChI=1S/C14H11FN2O2/c1-18-9-3-5-12-13(7-9)19-14(17-12)10-6-8(15)2-4-11(10)16/h2-7H,16H2,1H3. The number of nitrogens with zero attached hydrogens (tertiary/aromatic N) is 1. The van der Waals surface area contributed by atoms with Crippen LogP contribution in [0.25, 0.3) is 22.6 Å². The molecule has 0 radical (unpaired) electrons. The lowest BCUT2D eigenvalue weighted by Crippen LogP contribution is -1.90. The fourth-order valence-electron chi connectivity index (χ4n) is 1.86. The third-order valence-electron chi connectivity index (χ3n) is 2.84. The molecule has 0 aliphatic heterocycles. The number of methoxy groups -OCH3 is 1. The van der Waals surface area contributed by atoms with Crippen molar-refractivity contribution in [2.45, 2.75) is 0 Å². The van der Waals surface area contributed by atoms with Gasteiger partial charge in [-0.05, 0) is 30.3 Å². The van der Waals surface area contributed by atoms with Crippen molar-refractivity contribution in [3.8, 4) is 17.2 Å². The van der Waals surface area contributed by atoms with Crippen molar-refractivity contribution in [1.82, 2.24) is 4.98 Å². The third-order valence-corrected chi connectivity index (χ3v) is 2.84. The maximum absolute atomic E-state index is 13.3. The van der Waals surface area contributed by atoms with Gasteiger partial charge in [-0.15, -0.1) is 0 Å². The minimum absolute atomic E-state index is 0.292. The lowest BCUT2D eigenvalue weighted by Gasteiger charge is -2.00. The predicted octanol–water partition coefficient (Wildman–Crippen LogP) is 3.22. The highest BCUT2D eigenvalue weighted by molar-refractivity contribution is 5.80. The van der Waals surface area contributed by atoms with Crippen LogP contribution in [0.2, 0.25) is 0 Å². The summed E-state index contributed by atoms with van der Waals surface area (Å²) in [4.78, 5) is 4.29. The van der Waals surface area contributed by atoms with Gasteiger partial charge in [0.15, 0.2) is 5.58 Å². The molecule has 0 saturated heterocycles. The summed E-state index contributed by atoms with van der Waals surface area (Å²) >= 11 is 0. The van der Waals surface area contributed by atoms with Crippen LogP contribution in [0.3, 0.4) is 0 Å². The first-order chi connectivity index (χ1) is 9.17. The Bertz CT molecular complexity index is 752. The number of anilines is 1. The van der Waals surface area contributed by atoms with Crippen molar-refractivity contribution in [1.29, 1.82) is 0 Å². The van der Waals surface area contributed by atoms with E-state index in [1.807, 2.05) is 0 Å². The molecule has 0 fully saturated rings. The van der Waals surface area contributed by atoms with Crippen LogP contribution in [-0.4, -0.2) is 12.1 Å². The molecular formula is C14H11FN2O2. The molecule has 3 aromatic rings. The van der Waals surface area contributed by atoms with Crippen LogP contribution in [-0.2, 0) is 0 Å². The number of nitrogens with two attached hydrogens (primary N) is 1. The Morgan fingerprint density at radius 3 is 2.84 bits per heavy atom. The number of hydrogen-bond acceptors (Lipinski definition) is 4. The van der Waals surface area contributed by atoms with Gasteiger partial charge in [0.25, 0.3) is 0 Å². The van der Waals surface area contributed by atoms with E-state index < -0.39 is 0 Å². The van der Waals surface area contributed by atoms with Gasteiger partial charge in [-0.1, -0.05) is 0 Å². The van der Waals surface area contributed by atoms with E-state index >= 15 is 0 Å². The maximum atomic E-state index is 13.3. The van der Waals surface area contributed by atoms with E-state index in [9.17, 15) is 4.39 Å². The predicted molar refractivity (Wildman–Crippen MR) is 70.4 cm³/mol. The van der Waals surface area contributed by atoms with Gasteiger partial charge >= 0.3 is 0 Å². The first-order valence-electron chi connectivity index (χ1n) is 5.67. The number of nitrogen functional groups attached to an aromatic ring is 1. The number of ether oxygens (including phenoxy) is 1. The number of benzene rings is 2. The van der Waals surface area contributed by atoms with Gasteiger partial charge in [0.1, 0.15) is 17.1 Å². The summed E-state index contributed by atoms with van der Waals surface area (Å²) in [7, 11) is 1.57. The molecule has 96 valence electrons. The van der Waals surface area contributed by atoms with Crippen molar-refractivity contribution in [3.63, 3.8) is 0 Å². The van der Waals surface area contributed by atoms with Gasteiger partial charge in [-0.25, -0.2) is 9.37 Å². The van der Waals surface area contributed by atoms with Gasteiger partial charge in [-0.3, -0.25) is 0 Å². The second kappa shape index (κ2) is 4.28. The lowest BCUT2D eigenvalue weighted by atomic mass is 10.2. The van der Waals surface area contributed by atoms with Crippen molar-refractivity contribution in [3.05, 3.63) is 42.2 Å². The molecule has 19 heavy (non-hydrogen) atoms. The summed E-state index contributed by atoms with van der Waals surface area (Å²) in [5.41, 5.74) is 7.90. The second-order valence-electron chi connectivity index (χ2n) is 4.08. The molecule has 0 unspecified atom stereocenters. The molecule has 0 aliphatic rings. The van der Waals surface area contributed by atoms with Gasteiger partial charge in [0.05, 0.1) is 12.7 Å². The highest BCUT2D eigenvalue weighted by Crippen LogP contribution is 2.30. The van der Waals surface area contributed by atoms with E-state index in [1.54, 1.807) is 25.3 Å². The molecule has 2 aromatic carbocycles. The van der Waals surface area contributed by atoms with Crippen LogP contribution in [0.1, 0.15) is 0 Å². The molecule has 0 bridgehead atoms. The quantitative estimate of drug-likeness (QED) is 0.717. The van der Waals surface area contributed by atoms with Crippen molar-refractivity contribution < 1.29 is 13.5 Å². The molecule has 4 nitrogen and oxygen atoms in total. The Kier molecular flexibility index (Phi) is 2.59. The monoisotopic (exact) mass is 258 g/mol. The molecule has 3 rings (SSSR count). The van der Waals surface area contributed by atoms with E-state index in [1.165, 1.54) is 18.2 Å². The minimum Gasteiger partial charge on any atom is -0.497 e. The number of rotatable bonds is 2. The highest BCUT2D eigenvalue weighted by Gasteiger charge is 2.12. The third kappa shape index (κ3) is 1.99. The van der Waals surface area contributed by atoms with Gasteiger partial charge in [0.2, 0.25) is 5.89 Å².